The number of hydrogen-bond donors (Lipinski definition) is 0. The van der Waals surface area contributed by atoms with E-state index in [0.717, 1.165) is 0 Å². The smallest absolute Gasteiger partial charge is 0.273 e. The predicted octanol–water partition coefficient (Wildman–Crippen LogP) is 3.63. The van der Waals surface area contributed by atoms with Gasteiger partial charge in [-0.2, -0.15) is 0 Å². The summed E-state index contributed by atoms with van der Waals surface area (Å²) in [6.07, 6.45) is 1.91. The second kappa shape index (κ2) is 9.19. The van der Waals surface area contributed by atoms with E-state index in [0.29, 0.717) is 42.3 Å². The number of ether oxygens (including phenoxy) is 2. The standard InChI is InChI=1S/C18H21NO6S/c1-24-18-14-15(19(20)21)10-11-17(18)25-12-6-3-7-13-26(22,23)16-8-4-2-5-9-16/h2,4-5,8-11,14H,3,6-7,12-13H2,1H3. The lowest BCUT2D eigenvalue weighted by atomic mass is 10.2. The van der Waals surface area contributed by atoms with Gasteiger partial charge in [0.05, 0.1) is 35.4 Å². The van der Waals surface area contributed by atoms with Crippen LogP contribution in [-0.4, -0.2) is 32.8 Å². The first-order valence-corrected chi connectivity index (χ1v) is 9.82. The van der Waals surface area contributed by atoms with Gasteiger partial charge in [0.1, 0.15) is 0 Å². The number of sulfone groups is 1. The molecule has 0 radical (unpaired) electrons. The number of nitrogens with zero attached hydrogens (tertiary/aromatic N) is 1. The van der Waals surface area contributed by atoms with E-state index in [-0.39, 0.29) is 11.4 Å². The summed E-state index contributed by atoms with van der Waals surface area (Å²) in [6.45, 7) is 0.375. The minimum Gasteiger partial charge on any atom is -0.493 e. The van der Waals surface area contributed by atoms with E-state index in [1.165, 1.54) is 25.3 Å². The Morgan fingerprint density at radius 3 is 2.38 bits per heavy atom. The predicted molar refractivity (Wildman–Crippen MR) is 97.5 cm³/mol. The maximum atomic E-state index is 12.2. The van der Waals surface area contributed by atoms with E-state index in [1.807, 2.05) is 0 Å². The van der Waals surface area contributed by atoms with Gasteiger partial charge in [0.15, 0.2) is 21.3 Å². The monoisotopic (exact) mass is 379 g/mol. The third-order valence-corrected chi connectivity index (χ3v) is 5.59. The summed E-state index contributed by atoms with van der Waals surface area (Å²) in [7, 11) is -1.83. The third kappa shape index (κ3) is 5.45. The Bertz CT molecular complexity index is 836. The van der Waals surface area contributed by atoms with Crippen molar-refractivity contribution in [2.75, 3.05) is 19.5 Å². The van der Waals surface area contributed by atoms with E-state index >= 15 is 0 Å². The Hall–Kier alpha value is -2.61. The van der Waals surface area contributed by atoms with Crippen LogP contribution in [-0.2, 0) is 9.84 Å². The fourth-order valence-electron chi connectivity index (χ4n) is 2.39. The molecule has 0 heterocycles. The highest BCUT2D eigenvalue weighted by Gasteiger charge is 2.14. The van der Waals surface area contributed by atoms with Gasteiger partial charge < -0.3 is 9.47 Å². The lowest BCUT2D eigenvalue weighted by Gasteiger charge is -2.10. The first kappa shape index (κ1) is 19.7. The first-order chi connectivity index (χ1) is 12.4. The largest absolute Gasteiger partial charge is 0.493 e. The summed E-state index contributed by atoms with van der Waals surface area (Å²) < 4.78 is 35.0. The molecule has 7 nitrogen and oxygen atoms in total. The maximum Gasteiger partial charge on any atom is 0.273 e. The molecule has 26 heavy (non-hydrogen) atoms. The fraction of sp³-hybridized carbons (Fsp3) is 0.333. The van der Waals surface area contributed by atoms with Crippen molar-refractivity contribution < 1.29 is 22.8 Å². The molecular weight excluding hydrogens is 358 g/mol. The number of nitro benzene ring substituents is 1. The zero-order valence-corrected chi connectivity index (χ0v) is 15.3. The molecule has 0 aliphatic heterocycles. The number of unbranched alkanes of at least 4 members (excludes halogenated alkanes) is 2. The van der Waals surface area contributed by atoms with Gasteiger partial charge in [0.25, 0.3) is 5.69 Å². The van der Waals surface area contributed by atoms with Crippen LogP contribution in [0.3, 0.4) is 0 Å². The lowest BCUT2D eigenvalue weighted by molar-refractivity contribution is -0.385. The molecule has 0 saturated carbocycles. The van der Waals surface area contributed by atoms with Gasteiger partial charge in [-0.1, -0.05) is 18.2 Å². The van der Waals surface area contributed by atoms with Gasteiger partial charge in [-0.3, -0.25) is 10.1 Å². The Balaban J connectivity index is 1.77. The number of hydrogen-bond acceptors (Lipinski definition) is 6. The number of nitro groups is 1. The second-order valence-corrected chi connectivity index (χ2v) is 7.74. The van der Waals surface area contributed by atoms with Crippen molar-refractivity contribution in [2.24, 2.45) is 0 Å². The van der Waals surface area contributed by atoms with Crippen molar-refractivity contribution >= 4 is 15.5 Å². The summed E-state index contributed by atoms with van der Waals surface area (Å²) >= 11 is 0. The Morgan fingerprint density at radius 1 is 1.00 bits per heavy atom. The first-order valence-electron chi connectivity index (χ1n) is 8.17. The molecule has 8 heteroatoms. The summed E-state index contributed by atoms with van der Waals surface area (Å²) in [6, 6.07) is 12.5. The normalized spacial score (nSPS) is 11.1. The molecule has 140 valence electrons. The Morgan fingerprint density at radius 2 is 1.73 bits per heavy atom. The van der Waals surface area contributed by atoms with Crippen LogP contribution in [0.15, 0.2) is 53.4 Å². The fourth-order valence-corrected chi connectivity index (χ4v) is 3.78. The molecule has 0 N–H and O–H groups in total. The van der Waals surface area contributed by atoms with Crippen molar-refractivity contribution in [1.29, 1.82) is 0 Å². The maximum absolute atomic E-state index is 12.2. The van der Waals surface area contributed by atoms with Crippen LogP contribution in [0.5, 0.6) is 11.5 Å². The molecule has 2 rings (SSSR count). The lowest BCUT2D eigenvalue weighted by Crippen LogP contribution is -2.07. The minimum absolute atomic E-state index is 0.0691. The molecule has 2 aromatic carbocycles. The zero-order chi connectivity index (χ0) is 19.0. The van der Waals surface area contributed by atoms with E-state index in [2.05, 4.69) is 0 Å². The van der Waals surface area contributed by atoms with Gasteiger partial charge >= 0.3 is 0 Å². The molecule has 0 bridgehead atoms. The number of rotatable bonds is 10. The Kier molecular flexibility index (Phi) is 6.97. The van der Waals surface area contributed by atoms with Gasteiger partial charge in [-0.25, -0.2) is 8.42 Å². The number of benzene rings is 2. The molecule has 0 saturated heterocycles. The van der Waals surface area contributed by atoms with Crippen LogP contribution >= 0.6 is 0 Å². The molecule has 0 fully saturated rings. The molecule has 0 atom stereocenters. The molecule has 0 aromatic heterocycles. The number of non-ortho nitro benzene ring substituents is 1. The van der Waals surface area contributed by atoms with Crippen molar-refractivity contribution in [3.05, 3.63) is 58.6 Å². The van der Waals surface area contributed by atoms with Crippen molar-refractivity contribution in [3.63, 3.8) is 0 Å². The van der Waals surface area contributed by atoms with Gasteiger partial charge in [0.2, 0.25) is 0 Å². The quantitative estimate of drug-likeness (QED) is 0.355. The molecule has 0 aliphatic carbocycles. The average molecular weight is 379 g/mol. The molecule has 0 unspecified atom stereocenters. The summed E-state index contributed by atoms with van der Waals surface area (Å²) in [5.41, 5.74) is -0.0691. The van der Waals surface area contributed by atoms with Crippen LogP contribution in [0.1, 0.15) is 19.3 Å². The van der Waals surface area contributed by atoms with Crippen LogP contribution < -0.4 is 9.47 Å². The summed E-state index contributed by atoms with van der Waals surface area (Å²) in [4.78, 5) is 10.6. The van der Waals surface area contributed by atoms with Gasteiger partial charge in [0, 0.05) is 6.07 Å². The molecule has 0 spiro atoms. The van der Waals surface area contributed by atoms with Gasteiger partial charge in [-0.05, 0) is 37.5 Å². The molecular formula is C18H21NO6S. The van der Waals surface area contributed by atoms with E-state index in [9.17, 15) is 18.5 Å². The van der Waals surface area contributed by atoms with Crippen molar-refractivity contribution in [3.8, 4) is 11.5 Å². The van der Waals surface area contributed by atoms with Crippen LogP contribution in [0.25, 0.3) is 0 Å². The van der Waals surface area contributed by atoms with Crippen LogP contribution in [0, 0.1) is 10.1 Å². The van der Waals surface area contributed by atoms with Crippen LogP contribution in [0.4, 0.5) is 5.69 Å². The van der Waals surface area contributed by atoms with Crippen LogP contribution in [0.2, 0.25) is 0 Å². The summed E-state index contributed by atoms with van der Waals surface area (Å²) in [5, 5.41) is 10.8. The Labute approximate surface area is 152 Å². The topological polar surface area (TPSA) is 95.7 Å². The molecule has 0 amide bonds. The van der Waals surface area contributed by atoms with E-state index < -0.39 is 14.8 Å². The number of methoxy groups -OCH3 is 1. The summed E-state index contributed by atoms with van der Waals surface area (Å²) in [5.74, 6) is 0.818. The van der Waals surface area contributed by atoms with Crippen molar-refractivity contribution in [1.82, 2.24) is 0 Å². The van der Waals surface area contributed by atoms with E-state index in [4.69, 9.17) is 9.47 Å². The molecule has 0 aliphatic rings. The highest BCUT2D eigenvalue weighted by molar-refractivity contribution is 7.91. The van der Waals surface area contributed by atoms with Crippen molar-refractivity contribution in [2.45, 2.75) is 24.2 Å². The minimum atomic E-state index is -3.25. The SMILES string of the molecule is COc1cc([N+](=O)[O-])ccc1OCCCCCS(=O)(=O)c1ccccc1. The average Bonchev–Trinajstić information content (AvgIpc) is 2.65. The second-order valence-electron chi connectivity index (χ2n) is 5.63. The van der Waals surface area contributed by atoms with E-state index in [1.54, 1.807) is 30.3 Å². The van der Waals surface area contributed by atoms with Gasteiger partial charge in [-0.15, -0.1) is 0 Å². The highest BCUT2D eigenvalue weighted by Crippen LogP contribution is 2.31. The zero-order valence-electron chi connectivity index (χ0n) is 14.5. The molecule has 2 aromatic rings. The highest BCUT2D eigenvalue weighted by atomic mass is 32.2. The third-order valence-electron chi connectivity index (χ3n) is 3.78.